The highest BCUT2D eigenvalue weighted by atomic mass is 15.0. The van der Waals surface area contributed by atoms with Crippen LogP contribution in [0, 0.1) is 0 Å². The van der Waals surface area contributed by atoms with E-state index in [9.17, 15) is 0 Å². The van der Waals surface area contributed by atoms with E-state index in [-0.39, 0.29) is 0 Å². The molecule has 2 aromatic rings. The number of hydrogen-bond donors (Lipinski definition) is 1. The number of aromatic nitrogens is 1. The van der Waals surface area contributed by atoms with Crippen molar-refractivity contribution in [3.05, 3.63) is 72.5 Å². The Morgan fingerprint density at radius 1 is 1.19 bits per heavy atom. The topological polar surface area (TPSA) is 54.5 Å². The monoisotopic (exact) mass is 346 g/mol. The number of hydrogen-bond acceptors (Lipinski definition) is 4. The van der Waals surface area contributed by atoms with Crippen molar-refractivity contribution < 1.29 is 0 Å². The van der Waals surface area contributed by atoms with Crippen molar-refractivity contribution in [2.24, 2.45) is 4.99 Å². The number of rotatable bonds is 6. The third kappa shape index (κ3) is 4.48. The number of benzene rings is 1. The number of pyridine rings is 1. The Morgan fingerprint density at radius 3 is 2.54 bits per heavy atom. The van der Waals surface area contributed by atoms with E-state index in [0.717, 1.165) is 33.5 Å². The van der Waals surface area contributed by atoms with Crippen LogP contribution in [0.2, 0.25) is 0 Å². The molecule has 0 amide bonds. The Hall–Kier alpha value is -3.14. The van der Waals surface area contributed by atoms with Crippen LogP contribution in [0.5, 0.6) is 0 Å². The Morgan fingerprint density at radius 2 is 1.96 bits per heavy atom. The minimum absolute atomic E-state index is 0.494. The predicted molar refractivity (Wildman–Crippen MR) is 114 cm³/mol. The van der Waals surface area contributed by atoms with E-state index in [2.05, 4.69) is 28.7 Å². The molecule has 0 saturated heterocycles. The quantitative estimate of drug-likeness (QED) is 0.618. The fourth-order valence-corrected chi connectivity index (χ4v) is 2.70. The van der Waals surface area contributed by atoms with Crippen LogP contribution in [0.3, 0.4) is 0 Å². The van der Waals surface area contributed by atoms with E-state index in [4.69, 9.17) is 5.73 Å². The van der Waals surface area contributed by atoms with Crippen LogP contribution >= 0.6 is 0 Å². The van der Waals surface area contributed by atoms with Crippen molar-refractivity contribution in [3.8, 4) is 11.3 Å². The lowest BCUT2D eigenvalue weighted by atomic mass is 10.0. The molecule has 134 valence electrons. The average molecular weight is 346 g/mol. The maximum absolute atomic E-state index is 6.21. The van der Waals surface area contributed by atoms with Crippen molar-refractivity contribution in [3.63, 3.8) is 0 Å². The zero-order valence-electron chi connectivity index (χ0n) is 15.9. The van der Waals surface area contributed by atoms with Gasteiger partial charge in [0.25, 0.3) is 0 Å². The molecule has 0 aliphatic heterocycles. The summed E-state index contributed by atoms with van der Waals surface area (Å²) in [6, 6.07) is 12.2. The summed E-state index contributed by atoms with van der Waals surface area (Å²) in [5.41, 5.74) is 12.0. The summed E-state index contributed by atoms with van der Waals surface area (Å²) in [5, 5.41) is 0. The molecule has 0 saturated carbocycles. The number of nitrogens with two attached hydrogens (primary N) is 1. The van der Waals surface area contributed by atoms with Crippen LogP contribution in [-0.4, -0.2) is 37.2 Å². The first-order chi connectivity index (χ1) is 12.5. The molecule has 0 fully saturated rings. The molecule has 0 atom stereocenters. The van der Waals surface area contributed by atoms with Crippen LogP contribution < -0.4 is 5.73 Å². The van der Waals surface area contributed by atoms with Crippen molar-refractivity contribution >= 4 is 23.2 Å². The SMILES string of the molecule is C=C/C(=C\N(C)C)c1cccc(-c2ccc(/C(C=NC)=C/C)c(N)n2)c1. The third-order valence-corrected chi connectivity index (χ3v) is 3.92. The summed E-state index contributed by atoms with van der Waals surface area (Å²) in [5.74, 6) is 0.494. The molecule has 0 spiro atoms. The minimum Gasteiger partial charge on any atom is -0.383 e. The first-order valence-electron chi connectivity index (χ1n) is 8.47. The zero-order valence-corrected chi connectivity index (χ0v) is 15.9. The summed E-state index contributed by atoms with van der Waals surface area (Å²) in [6.45, 7) is 5.88. The van der Waals surface area contributed by atoms with Gasteiger partial charge in [-0.25, -0.2) is 4.98 Å². The largest absolute Gasteiger partial charge is 0.383 e. The molecule has 0 aliphatic carbocycles. The van der Waals surface area contributed by atoms with Gasteiger partial charge in [0.05, 0.1) is 5.69 Å². The Bertz CT molecular complexity index is 873. The first kappa shape index (κ1) is 19.2. The first-order valence-corrected chi connectivity index (χ1v) is 8.47. The highest BCUT2D eigenvalue weighted by Gasteiger charge is 2.08. The zero-order chi connectivity index (χ0) is 19.1. The van der Waals surface area contributed by atoms with E-state index in [0.29, 0.717) is 5.82 Å². The van der Waals surface area contributed by atoms with Gasteiger partial charge in [-0.15, -0.1) is 0 Å². The number of allylic oxidation sites excluding steroid dienone is 4. The summed E-state index contributed by atoms with van der Waals surface area (Å²) < 4.78 is 0. The van der Waals surface area contributed by atoms with Gasteiger partial charge in [-0.2, -0.15) is 0 Å². The van der Waals surface area contributed by atoms with Gasteiger partial charge in [-0.05, 0) is 41.8 Å². The predicted octanol–water partition coefficient (Wildman–Crippen LogP) is 4.52. The second kappa shape index (κ2) is 8.81. The maximum atomic E-state index is 6.21. The number of nitrogen functional groups attached to an aromatic ring is 1. The number of anilines is 1. The average Bonchev–Trinajstić information content (AvgIpc) is 2.64. The highest BCUT2D eigenvalue weighted by Crippen LogP contribution is 2.27. The van der Waals surface area contributed by atoms with E-state index in [1.54, 1.807) is 13.3 Å². The van der Waals surface area contributed by atoms with E-state index >= 15 is 0 Å². The van der Waals surface area contributed by atoms with E-state index in [1.165, 1.54) is 0 Å². The molecule has 4 nitrogen and oxygen atoms in total. The summed E-state index contributed by atoms with van der Waals surface area (Å²) in [7, 11) is 5.73. The molecule has 1 aromatic heterocycles. The van der Waals surface area contributed by atoms with Gasteiger partial charge in [-0.3, -0.25) is 4.99 Å². The van der Waals surface area contributed by atoms with E-state index in [1.807, 2.05) is 68.5 Å². The molecular weight excluding hydrogens is 320 g/mol. The lowest BCUT2D eigenvalue weighted by molar-refractivity contribution is 0.566. The van der Waals surface area contributed by atoms with Gasteiger partial charge in [-0.1, -0.05) is 36.9 Å². The van der Waals surface area contributed by atoms with Gasteiger partial charge >= 0.3 is 0 Å². The Balaban J connectivity index is 2.45. The van der Waals surface area contributed by atoms with Crippen LogP contribution in [0.15, 0.2) is 66.3 Å². The molecule has 2 rings (SSSR count). The van der Waals surface area contributed by atoms with E-state index < -0.39 is 0 Å². The minimum atomic E-state index is 0.494. The van der Waals surface area contributed by atoms with Crippen molar-refractivity contribution in [2.75, 3.05) is 26.9 Å². The smallest absolute Gasteiger partial charge is 0.132 e. The van der Waals surface area contributed by atoms with Gasteiger partial charge < -0.3 is 10.6 Å². The van der Waals surface area contributed by atoms with Crippen LogP contribution in [-0.2, 0) is 0 Å². The molecule has 2 N–H and O–H groups in total. The molecule has 0 unspecified atom stereocenters. The number of aliphatic imine (C=N–C) groups is 1. The summed E-state index contributed by atoms with van der Waals surface area (Å²) in [6.07, 6.45) is 7.66. The van der Waals surface area contributed by atoms with Crippen LogP contribution in [0.25, 0.3) is 22.4 Å². The van der Waals surface area contributed by atoms with Gasteiger partial charge in [0.2, 0.25) is 0 Å². The Labute approximate surface area is 156 Å². The fourth-order valence-electron chi connectivity index (χ4n) is 2.70. The van der Waals surface area contributed by atoms with Gasteiger partial charge in [0.1, 0.15) is 5.82 Å². The number of nitrogens with zero attached hydrogens (tertiary/aromatic N) is 3. The second-order valence-corrected chi connectivity index (χ2v) is 6.09. The third-order valence-electron chi connectivity index (χ3n) is 3.92. The van der Waals surface area contributed by atoms with Gasteiger partial charge in [0, 0.05) is 44.7 Å². The van der Waals surface area contributed by atoms with Crippen LogP contribution in [0.1, 0.15) is 18.1 Å². The summed E-state index contributed by atoms with van der Waals surface area (Å²) >= 11 is 0. The fraction of sp³-hybridized carbons (Fsp3) is 0.182. The summed E-state index contributed by atoms with van der Waals surface area (Å²) in [4.78, 5) is 10.7. The standard InChI is InChI=1S/C22H26N4/c1-6-16(14-24-3)20-11-12-21(25-22(20)23)19-10-8-9-18(13-19)17(7-2)15-26(4)5/h6-15H,2H2,1,3-5H3,(H2,23,25)/b16-6+,17-15+,24-14?. The van der Waals surface area contributed by atoms with Gasteiger partial charge in [0.15, 0.2) is 0 Å². The van der Waals surface area contributed by atoms with Crippen molar-refractivity contribution in [1.82, 2.24) is 9.88 Å². The molecule has 0 aliphatic rings. The lowest BCUT2D eigenvalue weighted by Gasteiger charge is -2.11. The molecule has 0 radical (unpaired) electrons. The van der Waals surface area contributed by atoms with Crippen molar-refractivity contribution in [1.29, 1.82) is 0 Å². The second-order valence-electron chi connectivity index (χ2n) is 6.09. The lowest BCUT2D eigenvalue weighted by Crippen LogP contribution is -2.02. The molecule has 0 bridgehead atoms. The molecule has 1 aromatic carbocycles. The normalized spacial score (nSPS) is 12.5. The molecule has 26 heavy (non-hydrogen) atoms. The maximum Gasteiger partial charge on any atom is 0.132 e. The highest BCUT2D eigenvalue weighted by molar-refractivity contribution is 6.11. The Kier molecular flexibility index (Phi) is 6.50. The molecule has 1 heterocycles. The molecular formula is C22H26N4. The molecule has 4 heteroatoms. The van der Waals surface area contributed by atoms with Crippen molar-refractivity contribution in [2.45, 2.75) is 6.92 Å². The van der Waals surface area contributed by atoms with Crippen LogP contribution in [0.4, 0.5) is 5.82 Å².